The van der Waals surface area contributed by atoms with Crippen LogP contribution in [-0.2, 0) is 0 Å². The zero-order valence-electron chi connectivity index (χ0n) is 13.3. The van der Waals surface area contributed by atoms with E-state index in [0.29, 0.717) is 11.1 Å². The molecular weight excluding hydrogens is 308 g/mol. The predicted molar refractivity (Wildman–Crippen MR) is 91.0 cm³/mol. The Hall–Kier alpha value is -3.28. The normalized spacial score (nSPS) is 10.6. The Kier molecular flexibility index (Phi) is 5.21. The summed E-state index contributed by atoms with van der Waals surface area (Å²) in [7, 11) is 1.55. The van der Waals surface area contributed by atoms with Gasteiger partial charge in [-0.3, -0.25) is 19.7 Å². The van der Waals surface area contributed by atoms with Crippen molar-refractivity contribution in [3.8, 4) is 0 Å². The Balaban J connectivity index is 2.17. The van der Waals surface area contributed by atoms with Gasteiger partial charge in [0.05, 0.1) is 4.92 Å². The molecule has 2 aromatic carbocycles. The van der Waals surface area contributed by atoms with Crippen LogP contribution in [0.2, 0.25) is 0 Å². The number of amides is 1. The van der Waals surface area contributed by atoms with Crippen molar-refractivity contribution in [2.24, 2.45) is 0 Å². The monoisotopic (exact) mass is 324 g/mol. The van der Waals surface area contributed by atoms with E-state index >= 15 is 0 Å². The van der Waals surface area contributed by atoms with Crippen molar-refractivity contribution in [3.05, 3.63) is 80.9 Å². The minimum atomic E-state index is -0.507. The van der Waals surface area contributed by atoms with Crippen LogP contribution in [0.15, 0.2) is 48.5 Å². The third-order valence-corrected chi connectivity index (χ3v) is 3.52. The van der Waals surface area contributed by atoms with Crippen molar-refractivity contribution >= 4 is 23.5 Å². The van der Waals surface area contributed by atoms with Gasteiger partial charge >= 0.3 is 0 Å². The van der Waals surface area contributed by atoms with Crippen LogP contribution in [0.4, 0.5) is 5.69 Å². The van der Waals surface area contributed by atoms with Crippen LogP contribution in [0, 0.1) is 17.0 Å². The van der Waals surface area contributed by atoms with Crippen LogP contribution in [-0.4, -0.2) is 23.7 Å². The van der Waals surface area contributed by atoms with E-state index in [1.54, 1.807) is 56.4 Å². The van der Waals surface area contributed by atoms with Crippen LogP contribution < -0.4 is 5.32 Å². The summed E-state index contributed by atoms with van der Waals surface area (Å²) in [5.74, 6) is -0.512. The molecule has 1 N–H and O–H groups in total. The minimum Gasteiger partial charge on any atom is -0.355 e. The first kappa shape index (κ1) is 17.1. The maximum absolute atomic E-state index is 12.2. The van der Waals surface area contributed by atoms with Gasteiger partial charge in [0.25, 0.3) is 11.6 Å². The largest absolute Gasteiger partial charge is 0.355 e. The van der Waals surface area contributed by atoms with Gasteiger partial charge < -0.3 is 5.32 Å². The van der Waals surface area contributed by atoms with E-state index in [1.165, 1.54) is 12.1 Å². The number of nitro benzene ring substituents is 1. The fourth-order valence-electron chi connectivity index (χ4n) is 2.12. The van der Waals surface area contributed by atoms with E-state index in [2.05, 4.69) is 5.32 Å². The van der Waals surface area contributed by atoms with E-state index in [1.807, 2.05) is 0 Å². The molecule has 0 saturated carbocycles. The predicted octanol–water partition coefficient (Wildman–Crippen LogP) is 3.16. The lowest BCUT2D eigenvalue weighted by Gasteiger charge is -2.01. The molecule has 6 heteroatoms. The van der Waals surface area contributed by atoms with Crippen molar-refractivity contribution in [1.82, 2.24) is 5.32 Å². The van der Waals surface area contributed by atoms with Gasteiger partial charge in [0.1, 0.15) is 0 Å². The molecule has 2 aromatic rings. The Morgan fingerprint density at radius 1 is 1.08 bits per heavy atom. The molecule has 0 atom stereocenters. The summed E-state index contributed by atoms with van der Waals surface area (Å²) >= 11 is 0. The van der Waals surface area contributed by atoms with Crippen LogP contribution >= 0.6 is 0 Å². The molecule has 0 aliphatic carbocycles. The molecule has 0 aliphatic rings. The van der Waals surface area contributed by atoms with E-state index in [9.17, 15) is 19.7 Å². The number of rotatable bonds is 5. The lowest BCUT2D eigenvalue weighted by molar-refractivity contribution is -0.385. The zero-order chi connectivity index (χ0) is 17.7. The topological polar surface area (TPSA) is 89.3 Å². The fourth-order valence-corrected chi connectivity index (χ4v) is 2.12. The molecule has 0 heterocycles. The molecular formula is C18H16N2O4. The van der Waals surface area contributed by atoms with Crippen molar-refractivity contribution < 1.29 is 14.5 Å². The molecule has 0 aromatic heterocycles. The SMILES string of the molecule is CNC(=O)c1ccc(/C=C/C(=O)c2ccc(C)c([N+](=O)[O-])c2)cc1. The number of hydrogen-bond donors (Lipinski definition) is 1. The molecule has 0 spiro atoms. The highest BCUT2D eigenvalue weighted by Gasteiger charge is 2.13. The highest BCUT2D eigenvalue weighted by atomic mass is 16.6. The van der Waals surface area contributed by atoms with Crippen molar-refractivity contribution in [2.75, 3.05) is 7.05 Å². The average molecular weight is 324 g/mol. The lowest BCUT2D eigenvalue weighted by atomic mass is 10.1. The number of carbonyl (C=O) groups excluding carboxylic acids is 2. The van der Waals surface area contributed by atoms with Gasteiger partial charge in [0.15, 0.2) is 5.78 Å². The molecule has 122 valence electrons. The van der Waals surface area contributed by atoms with Gasteiger partial charge in [-0.05, 0) is 30.7 Å². The van der Waals surface area contributed by atoms with Crippen LogP contribution in [0.5, 0.6) is 0 Å². The second-order valence-electron chi connectivity index (χ2n) is 5.16. The van der Waals surface area contributed by atoms with Crippen molar-refractivity contribution in [1.29, 1.82) is 0 Å². The Bertz CT molecular complexity index is 823. The number of nitro groups is 1. The number of benzene rings is 2. The van der Waals surface area contributed by atoms with Gasteiger partial charge in [-0.1, -0.05) is 30.3 Å². The number of aryl methyl sites for hydroxylation is 1. The quantitative estimate of drug-likeness (QED) is 0.396. The second kappa shape index (κ2) is 7.32. The molecule has 0 bridgehead atoms. The first-order valence-corrected chi connectivity index (χ1v) is 7.22. The third kappa shape index (κ3) is 3.92. The van der Waals surface area contributed by atoms with E-state index < -0.39 is 4.92 Å². The summed E-state index contributed by atoms with van der Waals surface area (Å²) in [6.07, 6.45) is 2.95. The first-order valence-electron chi connectivity index (χ1n) is 7.22. The van der Waals surface area contributed by atoms with Gasteiger partial charge in [-0.25, -0.2) is 0 Å². The van der Waals surface area contributed by atoms with Gasteiger partial charge in [-0.2, -0.15) is 0 Å². The summed E-state index contributed by atoms with van der Waals surface area (Å²) < 4.78 is 0. The highest BCUT2D eigenvalue weighted by Crippen LogP contribution is 2.20. The molecule has 2 rings (SSSR count). The Morgan fingerprint density at radius 2 is 1.71 bits per heavy atom. The third-order valence-electron chi connectivity index (χ3n) is 3.52. The molecule has 24 heavy (non-hydrogen) atoms. The summed E-state index contributed by atoms with van der Waals surface area (Å²) in [4.78, 5) is 34.0. The Labute approximate surface area is 139 Å². The highest BCUT2D eigenvalue weighted by molar-refractivity contribution is 6.07. The van der Waals surface area contributed by atoms with E-state index in [0.717, 1.165) is 5.56 Å². The van der Waals surface area contributed by atoms with E-state index in [4.69, 9.17) is 0 Å². The molecule has 0 unspecified atom stereocenters. The molecule has 6 nitrogen and oxygen atoms in total. The maximum atomic E-state index is 12.2. The fraction of sp³-hybridized carbons (Fsp3) is 0.111. The smallest absolute Gasteiger partial charge is 0.273 e. The van der Waals surface area contributed by atoms with Crippen LogP contribution in [0.1, 0.15) is 31.8 Å². The number of hydrogen-bond acceptors (Lipinski definition) is 4. The molecule has 0 radical (unpaired) electrons. The van der Waals surface area contributed by atoms with Crippen molar-refractivity contribution in [2.45, 2.75) is 6.92 Å². The summed E-state index contributed by atoms with van der Waals surface area (Å²) in [5.41, 5.74) is 1.95. The number of carbonyl (C=O) groups is 2. The Morgan fingerprint density at radius 3 is 2.29 bits per heavy atom. The number of allylic oxidation sites excluding steroid dienone is 1. The van der Waals surface area contributed by atoms with Gasteiger partial charge in [-0.15, -0.1) is 0 Å². The second-order valence-corrected chi connectivity index (χ2v) is 5.16. The number of nitrogens with zero attached hydrogens (tertiary/aromatic N) is 1. The van der Waals surface area contributed by atoms with Crippen LogP contribution in [0.3, 0.4) is 0 Å². The minimum absolute atomic E-state index is 0.0795. The number of ketones is 1. The molecule has 0 fully saturated rings. The van der Waals surface area contributed by atoms with Gasteiger partial charge in [0, 0.05) is 29.8 Å². The summed E-state index contributed by atoms with van der Waals surface area (Å²) in [5, 5.41) is 13.5. The lowest BCUT2D eigenvalue weighted by Crippen LogP contribution is -2.17. The number of nitrogens with one attached hydrogen (secondary N) is 1. The van der Waals surface area contributed by atoms with Crippen LogP contribution in [0.25, 0.3) is 6.08 Å². The average Bonchev–Trinajstić information content (AvgIpc) is 2.59. The van der Waals surface area contributed by atoms with Crippen molar-refractivity contribution in [3.63, 3.8) is 0 Å². The molecule has 0 aliphatic heterocycles. The zero-order valence-corrected chi connectivity index (χ0v) is 13.3. The maximum Gasteiger partial charge on any atom is 0.273 e. The summed E-state index contributed by atoms with van der Waals surface area (Å²) in [6.45, 7) is 1.62. The van der Waals surface area contributed by atoms with E-state index in [-0.39, 0.29) is 22.9 Å². The summed E-state index contributed by atoms with van der Waals surface area (Å²) in [6, 6.07) is 11.1. The van der Waals surface area contributed by atoms with Gasteiger partial charge in [0.2, 0.25) is 0 Å². The molecule has 1 amide bonds. The standard InChI is InChI=1S/C18H16N2O4/c1-12-3-7-15(11-16(12)20(23)24)17(21)10-6-13-4-8-14(9-5-13)18(22)19-2/h3-11H,1-2H3,(H,19,22)/b10-6+. The first-order chi connectivity index (χ1) is 11.4. The molecule has 0 saturated heterocycles.